The number of esters is 1. The van der Waals surface area contributed by atoms with E-state index in [1.54, 1.807) is 6.08 Å². The smallest absolute Gasteiger partial charge is 0.397 e. The fraction of sp³-hybridized carbons (Fsp3) is 0.947. The molecule has 29 heteroatoms. The molecule has 13 N–H and O–H groups in total. The highest BCUT2D eigenvalue weighted by atomic mass is 32.3. The van der Waals surface area contributed by atoms with E-state index in [0.29, 0.717) is 38.5 Å². The van der Waals surface area contributed by atoms with Crippen LogP contribution < -0.4 is 0 Å². The highest BCUT2D eigenvalue weighted by Crippen LogP contribution is 2.76. The van der Waals surface area contributed by atoms with Gasteiger partial charge in [-0.05, 0) is 100 Å². The largest absolute Gasteiger partial charge is 0.456 e. The summed E-state index contributed by atoms with van der Waals surface area (Å²) < 4.78 is 104. The fourth-order valence-corrected chi connectivity index (χ4v) is 18.0. The van der Waals surface area contributed by atoms with Crippen molar-refractivity contribution in [1.29, 1.82) is 0 Å². The van der Waals surface area contributed by atoms with Crippen LogP contribution in [0.4, 0.5) is 0 Å². The Morgan fingerprint density at radius 3 is 1.98 bits per heavy atom. The molecule has 0 aromatic carbocycles. The Labute approximate surface area is 499 Å². The Morgan fingerprint density at radius 1 is 0.698 bits per heavy atom. The minimum atomic E-state index is -5.21. The maximum Gasteiger partial charge on any atom is 0.397 e. The molecule has 3 saturated carbocycles. The van der Waals surface area contributed by atoms with E-state index in [9.17, 15) is 79.0 Å². The maximum absolute atomic E-state index is 14.5. The van der Waals surface area contributed by atoms with Gasteiger partial charge < -0.3 is 113 Å². The van der Waals surface area contributed by atoms with Crippen molar-refractivity contribution in [3.05, 3.63) is 11.6 Å². The third-order valence-electron chi connectivity index (χ3n) is 22.2. The van der Waals surface area contributed by atoms with Gasteiger partial charge in [-0.3, -0.25) is 9.35 Å². The van der Waals surface area contributed by atoms with Gasteiger partial charge >= 0.3 is 16.4 Å². The molecule has 0 aromatic heterocycles. The van der Waals surface area contributed by atoms with Crippen molar-refractivity contribution in [3.63, 3.8) is 0 Å². The lowest BCUT2D eigenvalue weighted by molar-refractivity contribution is -0.378. The lowest BCUT2D eigenvalue weighted by Crippen LogP contribution is -2.70. The lowest BCUT2D eigenvalue weighted by Gasteiger charge is -2.64. The predicted molar refractivity (Wildman–Crippen MR) is 289 cm³/mol. The lowest BCUT2D eigenvalue weighted by atomic mass is 9.40. The molecule has 0 amide bonds. The number of rotatable bonds is 18. The van der Waals surface area contributed by atoms with Gasteiger partial charge in [-0.25, -0.2) is 4.18 Å². The van der Waals surface area contributed by atoms with E-state index in [1.807, 2.05) is 34.6 Å². The van der Waals surface area contributed by atoms with Crippen molar-refractivity contribution in [1.82, 2.24) is 0 Å². The van der Waals surface area contributed by atoms with Gasteiger partial charge in [0.2, 0.25) is 0 Å². The van der Waals surface area contributed by atoms with Crippen LogP contribution in [0.3, 0.4) is 0 Å². The minimum absolute atomic E-state index is 0.138. The molecule has 1 spiro atoms. The first-order chi connectivity index (χ1) is 40.2. The Balaban J connectivity index is 0.824. The van der Waals surface area contributed by atoms with E-state index in [0.717, 1.165) is 12.0 Å². The summed E-state index contributed by atoms with van der Waals surface area (Å²) in [7, 11) is -3.96. The molecule has 4 aliphatic carbocycles. The normalized spacial score (nSPS) is 51.7. The van der Waals surface area contributed by atoms with E-state index in [2.05, 4.69) is 6.92 Å². The van der Waals surface area contributed by atoms with Gasteiger partial charge in [0.05, 0.1) is 88.5 Å². The van der Waals surface area contributed by atoms with Gasteiger partial charge in [-0.1, -0.05) is 39.3 Å². The maximum atomic E-state index is 14.5. The van der Waals surface area contributed by atoms with E-state index in [4.69, 9.17) is 56.3 Å². The number of allylic oxidation sites excluding steroid dienone is 1. The van der Waals surface area contributed by atoms with Crippen LogP contribution in [-0.2, 0) is 71.5 Å². The first-order valence-electron chi connectivity index (χ1n) is 30.1. The number of carbonyl (C=O) groups excluding carboxylic acids is 1. The third kappa shape index (κ3) is 11.0. The topological polar surface area (TPSA) is 425 Å². The number of cyclic esters (lactones) is 1. The molecule has 6 heterocycles. The van der Waals surface area contributed by atoms with Crippen LogP contribution in [0, 0.1) is 39.4 Å². The van der Waals surface area contributed by atoms with Crippen LogP contribution in [0.5, 0.6) is 0 Å². The van der Waals surface area contributed by atoms with Crippen molar-refractivity contribution in [2.75, 3.05) is 53.4 Å². The highest BCUT2D eigenvalue weighted by molar-refractivity contribution is 7.80. The summed E-state index contributed by atoms with van der Waals surface area (Å²) in [6.07, 6.45) is -24.0. The SMILES string of the molecule is CO[C@H]1[C@@H](O)[C@H](COC[C@@H]2[C@@H](O)[C@H](COC[C@]3(O)[C@H](O)[C@@H](C)O[C@@H](O[C@H]4[C@@H](O[C@H]5CC[C@]6(C)C7=C[C@H](O)C89C(=O)OC(C%10CCC(C)(C)O%10)[C@@]8(O)CC[C@@]9(C)C7CCC6C5(C)C)OC[C@@H](OS(=O)(=O)O)[C@@H]4O)[C@@H]3O)O[C@H](CO)[C@@H]2O)O[C@H](CO)[C@@H]1O. The molecule has 0 bridgehead atoms. The molecule has 86 heavy (non-hydrogen) atoms. The summed E-state index contributed by atoms with van der Waals surface area (Å²) in [5.74, 6) is -2.13. The summed E-state index contributed by atoms with van der Waals surface area (Å²) >= 11 is 0. The Bertz CT molecular complexity index is 2560. The van der Waals surface area contributed by atoms with Gasteiger partial charge in [0.1, 0.15) is 89.9 Å². The zero-order valence-electron chi connectivity index (χ0n) is 49.9. The van der Waals surface area contributed by atoms with Gasteiger partial charge in [0.25, 0.3) is 0 Å². The Hall–Kier alpha value is -1.80. The predicted octanol–water partition coefficient (Wildman–Crippen LogP) is -2.96. The second-order valence-electron chi connectivity index (χ2n) is 27.7. The molecular formula is C57H92O28S. The van der Waals surface area contributed by atoms with Crippen molar-refractivity contribution in [2.45, 2.75) is 245 Å². The van der Waals surface area contributed by atoms with Crippen LogP contribution in [-0.4, -0.2) is 279 Å². The first kappa shape index (κ1) is 67.1. The van der Waals surface area contributed by atoms with Gasteiger partial charge in [-0.2, -0.15) is 8.42 Å². The molecule has 10 aliphatic rings. The molecule has 6 saturated heterocycles. The Morgan fingerprint density at radius 2 is 1.34 bits per heavy atom. The molecule has 6 aliphatic heterocycles. The van der Waals surface area contributed by atoms with E-state index >= 15 is 0 Å². The van der Waals surface area contributed by atoms with Crippen LogP contribution >= 0.6 is 0 Å². The van der Waals surface area contributed by atoms with Crippen LogP contribution in [0.15, 0.2) is 11.6 Å². The second-order valence-corrected chi connectivity index (χ2v) is 28.7. The fourth-order valence-electron chi connectivity index (χ4n) is 17.5. The van der Waals surface area contributed by atoms with Crippen LogP contribution in [0.2, 0.25) is 0 Å². The van der Waals surface area contributed by atoms with E-state index in [1.165, 1.54) is 14.0 Å². The number of ether oxygens (including phenoxy) is 11. The van der Waals surface area contributed by atoms with Gasteiger partial charge in [0.15, 0.2) is 18.7 Å². The molecule has 0 aromatic rings. The van der Waals surface area contributed by atoms with Crippen LogP contribution in [0.25, 0.3) is 0 Å². The molecule has 494 valence electrons. The zero-order valence-corrected chi connectivity index (χ0v) is 50.7. The number of aliphatic hydroxyl groups excluding tert-OH is 10. The quantitative estimate of drug-likeness (QED) is 0.0282. The minimum Gasteiger partial charge on any atom is -0.456 e. The molecule has 9 fully saturated rings. The average Bonchev–Trinajstić information content (AvgIpc) is 1.44. The molecule has 29 atom stereocenters. The number of hydrogen-bond acceptors (Lipinski definition) is 27. The molecule has 10 rings (SSSR count). The van der Waals surface area contributed by atoms with Gasteiger partial charge in [0, 0.05) is 13.0 Å². The number of aliphatic hydroxyl groups is 12. The summed E-state index contributed by atoms with van der Waals surface area (Å²) in [5, 5.41) is 136. The monoisotopic (exact) mass is 1260 g/mol. The standard InChI is InChI=1S/C57H92O28S/c1-25-45(66)55(69,24-76-22-32-39(62)26(38(61)30(18-58)79-32)20-75-21-33-41(64)43(74-8)40(63)31(19-59)80-33)46(67)49(78-25)82-44-42(65)34(85-86(71,72)73)23-77-48(44)81-37-12-14-53(6)28-17-36(60)57-50(68)83-47(29-11-13-51(2,3)84-29)56(57,70)16-15-54(57,7)27(28)9-10-35(53)52(37,4)5/h17,25-27,29-49,58-67,69-70H,9-16,18-24H2,1-8H3,(H,71,72,73)/t25-,26+,27?,29?,30-,31-,32+,33+,34-,35?,36+,37+,38-,39-,40+,41+,42+,43-,44-,45-,46+,47?,48-,49+,53-,54+,55+,56+,57?/m1/s1. The number of fused-ring (bicyclic) bond motifs is 4. The summed E-state index contributed by atoms with van der Waals surface area (Å²) in [5.41, 5.74) is -7.63. The van der Waals surface area contributed by atoms with E-state index in [-0.39, 0.29) is 24.9 Å². The summed E-state index contributed by atoms with van der Waals surface area (Å²) in [4.78, 5) is 14.5. The summed E-state index contributed by atoms with van der Waals surface area (Å²) in [6.45, 7) is 9.26. The first-order valence-corrected chi connectivity index (χ1v) is 31.5. The number of hydrogen-bond donors (Lipinski definition) is 13. The molecular weight excluding hydrogens is 1160 g/mol. The molecule has 28 nitrogen and oxygen atoms in total. The van der Waals surface area contributed by atoms with Crippen molar-refractivity contribution >= 4 is 16.4 Å². The third-order valence-corrected chi connectivity index (χ3v) is 22.7. The average molecular weight is 1260 g/mol. The van der Waals surface area contributed by atoms with Crippen LogP contribution in [0.1, 0.15) is 99.8 Å². The number of methoxy groups -OCH3 is 1. The van der Waals surface area contributed by atoms with Crippen molar-refractivity contribution in [3.8, 4) is 0 Å². The highest BCUT2D eigenvalue weighted by Gasteiger charge is 2.84. The van der Waals surface area contributed by atoms with Crippen molar-refractivity contribution in [2.24, 2.45) is 39.4 Å². The Kier molecular flexibility index (Phi) is 18.9. The van der Waals surface area contributed by atoms with Gasteiger partial charge in [-0.15, -0.1) is 0 Å². The molecule has 5 unspecified atom stereocenters. The number of carbonyl (C=O) groups is 1. The molecule has 0 radical (unpaired) electrons. The van der Waals surface area contributed by atoms with E-state index < -0.39 is 229 Å². The summed E-state index contributed by atoms with van der Waals surface area (Å²) in [6, 6.07) is 0. The van der Waals surface area contributed by atoms with Crippen molar-refractivity contribution < 1.29 is 135 Å². The second kappa shape index (κ2) is 24.3. The zero-order chi connectivity index (χ0) is 62.8.